The number of benzene rings is 1. The summed E-state index contributed by atoms with van der Waals surface area (Å²) in [6.45, 7) is 10.9. The van der Waals surface area contributed by atoms with Gasteiger partial charge in [0.25, 0.3) is 17.4 Å². The molecule has 59 heavy (non-hydrogen) atoms. The third-order valence-corrected chi connectivity index (χ3v) is 15.0. The minimum absolute atomic E-state index is 0.0478. The first-order valence-corrected chi connectivity index (χ1v) is 22.2. The van der Waals surface area contributed by atoms with Gasteiger partial charge < -0.3 is 30.0 Å². The van der Waals surface area contributed by atoms with Gasteiger partial charge in [-0.25, -0.2) is 18.2 Å². The number of H-pyrrole nitrogens is 1. The number of hydrogen-bond acceptors (Lipinski definition) is 10. The maximum atomic E-state index is 15.1. The number of ether oxygens (including phenoxy) is 2. The number of nitrogens with zero attached hydrogens (tertiary/aromatic N) is 2. The van der Waals surface area contributed by atoms with Crippen molar-refractivity contribution in [2.24, 2.45) is 23.2 Å². The van der Waals surface area contributed by atoms with E-state index >= 15 is 8.78 Å². The highest BCUT2D eigenvalue weighted by atomic mass is 32.2. The number of aromatic amines is 1. The van der Waals surface area contributed by atoms with Crippen molar-refractivity contribution in [2.75, 3.05) is 13.7 Å². The summed E-state index contributed by atoms with van der Waals surface area (Å²) in [7, 11) is -2.49. The smallest absolute Gasteiger partial charge is 0.408 e. The van der Waals surface area contributed by atoms with Crippen LogP contribution in [-0.2, 0) is 35.1 Å². The van der Waals surface area contributed by atoms with Crippen molar-refractivity contribution in [3.05, 3.63) is 34.2 Å². The van der Waals surface area contributed by atoms with Gasteiger partial charge >= 0.3 is 6.09 Å². The van der Waals surface area contributed by atoms with Crippen molar-refractivity contribution in [3.63, 3.8) is 0 Å². The van der Waals surface area contributed by atoms with Gasteiger partial charge in [0.2, 0.25) is 21.8 Å². The van der Waals surface area contributed by atoms with E-state index < -0.39 is 91.3 Å². The van der Waals surface area contributed by atoms with Crippen LogP contribution in [0.15, 0.2) is 23.0 Å². The van der Waals surface area contributed by atoms with Crippen LogP contribution >= 0.6 is 0 Å². The normalized spacial score (nSPS) is 26.5. The molecule has 3 aliphatic carbocycles. The summed E-state index contributed by atoms with van der Waals surface area (Å²) in [5, 5.41) is 5.60. The number of fused-ring (bicyclic) bond motifs is 1. The maximum absolute atomic E-state index is 15.1. The molecule has 2 heterocycles. The standard InChI is InChI=1S/C41H58F2N6O9S/c1-8-23-15-19-49(30(23)33(50)47-40(22-25(40)9-2)36(53)48-59(55,56)39(6)17-18-39)35(52)32(38(3,4)5)46-37(54)58-29-20-24(29)12-10-11-16-41(42,43)31-34(51)45-28-21-26(57-7)13-14-27(28)44-31/h13-14,21,23-25,29-30,32H,8-12,15-20,22H2,1-7H3,(H,45,51)(H,46,54)(H,47,50)(H,48,53)/t23-,24-,25-,29-,30+,32-,40?/m1/s1. The number of hydrogen-bond donors (Lipinski definition) is 4. The molecule has 0 spiro atoms. The molecule has 1 aromatic heterocycles. The molecular formula is C41H58F2N6O9S. The van der Waals surface area contributed by atoms with Crippen molar-refractivity contribution in [3.8, 4) is 5.75 Å². The number of carbonyl (C=O) groups excluding carboxylic acids is 4. The van der Waals surface area contributed by atoms with Crippen molar-refractivity contribution in [1.82, 2.24) is 30.2 Å². The number of alkyl halides is 2. The summed E-state index contributed by atoms with van der Waals surface area (Å²) >= 11 is 0. The summed E-state index contributed by atoms with van der Waals surface area (Å²) < 4.78 is 68.1. The fourth-order valence-electron chi connectivity index (χ4n) is 8.36. The number of likely N-dealkylation sites (tertiary alicyclic amines) is 1. The number of alkyl carbamates (subject to hydrolysis) is 1. The summed E-state index contributed by atoms with van der Waals surface area (Å²) in [6, 6.07) is 2.55. The molecule has 2 aromatic rings. The van der Waals surface area contributed by atoms with E-state index in [1.165, 1.54) is 24.1 Å². The second kappa shape index (κ2) is 16.3. The highest BCUT2D eigenvalue weighted by Crippen LogP contribution is 2.48. The Balaban J connectivity index is 1.02. The number of methoxy groups -OCH3 is 1. The second-order valence-corrected chi connectivity index (χ2v) is 20.4. The number of halogens is 2. The van der Waals surface area contributed by atoms with Crippen LogP contribution in [0.1, 0.15) is 118 Å². The molecule has 3 saturated carbocycles. The van der Waals surface area contributed by atoms with Crippen LogP contribution in [0.25, 0.3) is 11.0 Å². The number of aromatic nitrogens is 2. The average Bonchev–Trinajstić information content (AvgIpc) is 4.13. The van der Waals surface area contributed by atoms with E-state index in [9.17, 15) is 32.4 Å². The molecule has 1 aliphatic heterocycles. The highest BCUT2D eigenvalue weighted by molar-refractivity contribution is 7.91. The van der Waals surface area contributed by atoms with Gasteiger partial charge in [-0.1, -0.05) is 53.9 Å². The van der Waals surface area contributed by atoms with Crippen LogP contribution in [0.2, 0.25) is 0 Å². The van der Waals surface area contributed by atoms with Gasteiger partial charge in [0.15, 0.2) is 5.69 Å². The predicted molar refractivity (Wildman–Crippen MR) is 214 cm³/mol. The molecule has 1 saturated heterocycles. The first kappa shape index (κ1) is 44.2. The Kier molecular flexibility index (Phi) is 12.2. The Labute approximate surface area is 343 Å². The van der Waals surface area contributed by atoms with E-state index in [1.807, 2.05) is 13.8 Å². The van der Waals surface area contributed by atoms with Gasteiger partial charge in [0.1, 0.15) is 29.5 Å². The molecular weight excluding hydrogens is 791 g/mol. The lowest BCUT2D eigenvalue weighted by Crippen LogP contribution is -2.61. The first-order chi connectivity index (χ1) is 27.6. The number of carbonyl (C=O) groups is 4. The third kappa shape index (κ3) is 9.21. The van der Waals surface area contributed by atoms with E-state index in [0.717, 1.165) is 0 Å². The first-order valence-electron chi connectivity index (χ1n) is 20.7. The zero-order chi connectivity index (χ0) is 43.3. The quantitative estimate of drug-likeness (QED) is 0.156. The number of sulfonamides is 1. The SMILES string of the molecule is CC[C@@H]1CCN(C(=O)[C@@H](NC(=O)O[C@@H]2C[C@H]2CCCCC(F)(F)c2nc3ccc(OC)cc3[nH]c2=O)C(C)(C)C)[C@@H]1C(=O)NC1(C(=O)NS(=O)(=O)C2(C)CC2)C[C@H]1CC. The third-order valence-electron chi connectivity index (χ3n) is 12.8. The zero-order valence-corrected chi connectivity index (χ0v) is 35.7. The number of amides is 4. The maximum Gasteiger partial charge on any atom is 0.408 e. The van der Waals surface area contributed by atoms with Gasteiger partial charge in [0.05, 0.1) is 22.9 Å². The minimum Gasteiger partial charge on any atom is -0.497 e. The van der Waals surface area contributed by atoms with Gasteiger partial charge in [-0.3, -0.25) is 23.9 Å². The number of rotatable bonds is 17. The predicted octanol–water partition coefficient (Wildman–Crippen LogP) is 5.02. The van der Waals surface area contributed by atoms with Crippen molar-refractivity contribution in [2.45, 2.75) is 147 Å². The van der Waals surface area contributed by atoms with Crippen molar-refractivity contribution < 1.29 is 45.9 Å². The monoisotopic (exact) mass is 848 g/mol. The molecule has 4 amide bonds. The molecule has 326 valence electrons. The van der Waals surface area contributed by atoms with Gasteiger partial charge in [0, 0.05) is 19.0 Å². The lowest BCUT2D eigenvalue weighted by Gasteiger charge is -2.36. The summed E-state index contributed by atoms with van der Waals surface area (Å²) in [5.41, 5.74) is -3.51. The number of nitrogens with one attached hydrogen (secondary N) is 4. The highest BCUT2D eigenvalue weighted by Gasteiger charge is 2.63. The van der Waals surface area contributed by atoms with E-state index in [1.54, 1.807) is 33.8 Å². The van der Waals surface area contributed by atoms with Crippen LogP contribution in [0.4, 0.5) is 13.6 Å². The van der Waals surface area contributed by atoms with Crippen molar-refractivity contribution in [1.29, 1.82) is 0 Å². The Morgan fingerprint density at radius 3 is 2.41 bits per heavy atom. The van der Waals surface area contributed by atoms with E-state index in [2.05, 4.69) is 25.3 Å². The second-order valence-electron chi connectivity index (χ2n) is 18.2. The van der Waals surface area contributed by atoms with Crippen LogP contribution < -0.4 is 25.7 Å². The summed E-state index contributed by atoms with van der Waals surface area (Å²) in [6.07, 6.45) is 2.50. The van der Waals surface area contributed by atoms with Crippen LogP contribution in [0.3, 0.4) is 0 Å². The van der Waals surface area contributed by atoms with Crippen LogP contribution in [0, 0.1) is 23.2 Å². The molecule has 15 nitrogen and oxygen atoms in total. The molecule has 4 fully saturated rings. The molecule has 0 bridgehead atoms. The summed E-state index contributed by atoms with van der Waals surface area (Å²) in [5.74, 6) is -5.34. The van der Waals surface area contributed by atoms with E-state index in [4.69, 9.17) is 9.47 Å². The lowest BCUT2D eigenvalue weighted by atomic mass is 9.85. The minimum atomic E-state index is -3.94. The van der Waals surface area contributed by atoms with Gasteiger partial charge in [-0.2, -0.15) is 8.78 Å². The average molecular weight is 849 g/mol. The largest absolute Gasteiger partial charge is 0.497 e. The van der Waals surface area contributed by atoms with E-state index in [0.29, 0.717) is 62.6 Å². The Morgan fingerprint density at radius 2 is 1.80 bits per heavy atom. The molecule has 18 heteroatoms. The van der Waals surface area contributed by atoms with Gasteiger partial charge in [-0.05, 0) is 87.2 Å². The number of unbranched alkanes of at least 4 members (excludes halogenated alkanes) is 1. The van der Waals surface area contributed by atoms with Crippen LogP contribution in [0.5, 0.6) is 5.75 Å². The fourth-order valence-corrected chi connectivity index (χ4v) is 9.67. The molecule has 4 N–H and O–H groups in total. The Hall–Kier alpha value is -4.35. The summed E-state index contributed by atoms with van der Waals surface area (Å²) in [4.78, 5) is 75.5. The van der Waals surface area contributed by atoms with Crippen molar-refractivity contribution >= 4 is 44.9 Å². The van der Waals surface area contributed by atoms with Gasteiger partial charge in [-0.15, -0.1) is 0 Å². The van der Waals surface area contributed by atoms with E-state index in [-0.39, 0.29) is 42.7 Å². The molecule has 4 aliphatic rings. The lowest BCUT2D eigenvalue weighted by molar-refractivity contribution is -0.143. The molecule has 1 aromatic carbocycles. The Bertz CT molecular complexity index is 2140. The fraction of sp³-hybridized carbons (Fsp3) is 0.707. The molecule has 1 unspecified atom stereocenters. The van der Waals surface area contributed by atoms with Crippen LogP contribution in [-0.4, -0.2) is 89.2 Å². The zero-order valence-electron chi connectivity index (χ0n) is 34.9. The molecule has 0 radical (unpaired) electrons. The molecule has 7 atom stereocenters. The molecule has 6 rings (SSSR count). The topological polar surface area (TPSA) is 206 Å². The Morgan fingerprint density at radius 1 is 1.08 bits per heavy atom.